The Hall–Kier alpha value is -1.58. The minimum absolute atomic E-state index is 0.248. The first-order chi connectivity index (χ1) is 7.22. The van der Waals surface area contributed by atoms with Crippen molar-refractivity contribution in [2.45, 2.75) is 19.4 Å². The number of nitrogens with zero attached hydrogens (tertiary/aromatic N) is 2. The molecule has 1 heterocycles. The summed E-state index contributed by atoms with van der Waals surface area (Å²) in [5, 5.41) is 0. The normalized spacial score (nSPS) is 20.5. The molecule has 2 N–H and O–H groups in total. The van der Waals surface area contributed by atoms with Crippen molar-refractivity contribution < 1.29 is 4.39 Å². The van der Waals surface area contributed by atoms with Gasteiger partial charge >= 0.3 is 0 Å². The van der Waals surface area contributed by atoms with Gasteiger partial charge in [-0.25, -0.2) is 4.39 Å². The van der Waals surface area contributed by atoms with Gasteiger partial charge in [0.25, 0.3) is 0 Å². The van der Waals surface area contributed by atoms with Crippen molar-refractivity contribution in [3.05, 3.63) is 30.1 Å². The second-order valence-corrected chi connectivity index (χ2v) is 3.61. The summed E-state index contributed by atoms with van der Waals surface area (Å²) in [5.41, 5.74) is 6.56. The van der Waals surface area contributed by atoms with Crippen LogP contribution in [0.3, 0.4) is 0 Å². The van der Waals surface area contributed by atoms with Crippen molar-refractivity contribution in [2.24, 2.45) is 10.7 Å². The molecule has 0 bridgehead atoms. The third-order valence-electron chi connectivity index (χ3n) is 2.63. The maximum absolute atomic E-state index is 13.1. The van der Waals surface area contributed by atoms with Gasteiger partial charge in [0, 0.05) is 5.69 Å². The van der Waals surface area contributed by atoms with Crippen molar-refractivity contribution in [3.8, 4) is 0 Å². The molecule has 0 aliphatic carbocycles. The zero-order valence-electron chi connectivity index (χ0n) is 8.65. The minimum atomic E-state index is -0.248. The number of benzene rings is 1. The maximum Gasteiger partial charge on any atom is 0.196 e. The van der Waals surface area contributed by atoms with Crippen LogP contribution in [0.4, 0.5) is 10.1 Å². The predicted molar refractivity (Wildman–Crippen MR) is 59.4 cm³/mol. The molecular weight excluding hydrogens is 193 g/mol. The second-order valence-electron chi connectivity index (χ2n) is 3.61. The molecule has 1 aliphatic heterocycles. The van der Waals surface area contributed by atoms with Gasteiger partial charge in [0.15, 0.2) is 5.96 Å². The van der Waals surface area contributed by atoms with Gasteiger partial charge in [0.1, 0.15) is 5.82 Å². The summed E-state index contributed by atoms with van der Waals surface area (Å²) in [7, 11) is 0. The molecule has 1 aliphatic rings. The van der Waals surface area contributed by atoms with E-state index in [-0.39, 0.29) is 11.9 Å². The van der Waals surface area contributed by atoms with Crippen molar-refractivity contribution >= 4 is 11.6 Å². The molecule has 0 amide bonds. The van der Waals surface area contributed by atoms with E-state index in [1.807, 2.05) is 11.0 Å². The van der Waals surface area contributed by atoms with Crippen molar-refractivity contribution in [3.63, 3.8) is 0 Å². The molecule has 1 atom stereocenters. The molecule has 0 saturated heterocycles. The Morgan fingerprint density at radius 2 is 2.40 bits per heavy atom. The molecule has 1 aromatic rings. The fourth-order valence-electron chi connectivity index (χ4n) is 1.82. The fourth-order valence-corrected chi connectivity index (χ4v) is 1.82. The number of rotatable bonds is 2. The highest BCUT2D eigenvalue weighted by Crippen LogP contribution is 2.22. The first kappa shape index (κ1) is 9.96. The Kier molecular flexibility index (Phi) is 2.58. The molecule has 3 nitrogen and oxygen atoms in total. The highest BCUT2D eigenvalue weighted by Gasteiger charge is 2.25. The molecule has 0 saturated carbocycles. The van der Waals surface area contributed by atoms with Gasteiger partial charge in [0.2, 0.25) is 0 Å². The van der Waals surface area contributed by atoms with Crippen LogP contribution < -0.4 is 10.6 Å². The van der Waals surface area contributed by atoms with Crippen LogP contribution in [0.25, 0.3) is 0 Å². The van der Waals surface area contributed by atoms with Crippen LogP contribution in [-0.2, 0) is 0 Å². The topological polar surface area (TPSA) is 41.6 Å². The number of halogens is 1. The highest BCUT2D eigenvalue weighted by atomic mass is 19.1. The van der Waals surface area contributed by atoms with Crippen LogP contribution in [0.5, 0.6) is 0 Å². The van der Waals surface area contributed by atoms with E-state index in [9.17, 15) is 4.39 Å². The van der Waals surface area contributed by atoms with E-state index in [4.69, 9.17) is 5.73 Å². The Morgan fingerprint density at radius 1 is 1.60 bits per heavy atom. The zero-order valence-corrected chi connectivity index (χ0v) is 8.65. The first-order valence-electron chi connectivity index (χ1n) is 5.07. The van der Waals surface area contributed by atoms with E-state index < -0.39 is 0 Å². The first-order valence-corrected chi connectivity index (χ1v) is 5.07. The lowest BCUT2D eigenvalue weighted by Gasteiger charge is -2.25. The van der Waals surface area contributed by atoms with Crippen LogP contribution in [-0.4, -0.2) is 18.5 Å². The quantitative estimate of drug-likeness (QED) is 0.802. The Bertz CT molecular complexity index is 389. The summed E-state index contributed by atoms with van der Waals surface area (Å²) < 4.78 is 13.1. The largest absolute Gasteiger partial charge is 0.370 e. The van der Waals surface area contributed by atoms with Crippen molar-refractivity contribution in [1.82, 2.24) is 0 Å². The van der Waals surface area contributed by atoms with Gasteiger partial charge in [-0.1, -0.05) is 13.0 Å². The zero-order chi connectivity index (χ0) is 10.8. The summed E-state index contributed by atoms with van der Waals surface area (Å²) in [6.45, 7) is 2.77. The smallest absolute Gasteiger partial charge is 0.196 e. The molecule has 1 unspecified atom stereocenters. The summed E-state index contributed by atoms with van der Waals surface area (Å²) in [6.07, 6.45) is 0.945. The third kappa shape index (κ3) is 1.79. The van der Waals surface area contributed by atoms with Crippen LogP contribution in [0.15, 0.2) is 29.3 Å². The summed E-state index contributed by atoms with van der Waals surface area (Å²) in [6, 6.07) is 6.69. The van der Waals surface area contributed by atoms with Gasteiger partial charge in [-0.2, -0.15) is 0 Å². The molecule has 80 valence electrons. The van der Waals surface area contributed by atoms with Gasteiger partial charge < -0.3 is 10.6 Å². The number of anilines is 1. The Labute approximate surface area is 88.4 Å². The van der Waals surface area contributed by atoms with E-state index in [1.165, 1.54) is 12.1 Å². The number of guanidine groups is 1. The lowest BCUT2D eigenvalue weighted by atomic mass is 10.2. The SMILES string of the molecule is CCC1CN=C(N)N1c1cccc(F)c1. The van der Waals surface area contributed by atoms with Crippen molar-refractivity contribution in [1.29, 1.82) is 0 Å². The third-order valence-corrected chi connectivity index (χ3v) is 2.63. The summed E-state index contributed by atoms with van der Waals surface area (Å²) >= 11 is 0. The van der Waals surface area contributed by atoms with Crippen LogP contribution in [0, 0.1) is 5.82 Å². The molecule has 0 fully saturated rings. The van der Waals surface area contributed by atoms with Crippen LogP contribution in [0.2, 0.25) is 0 Å². The fraction of sp³-hybridized carbons (Fsp3) is 0.364. The molecular formula is C11H14FN3. The van der Waals surface area contributed by atoms with E-state index in [1.54, 1.807) is 6.07 Å². The number of nitrogens with two attached hydrogens (primary N) is 1. The van der Waals surface area contributed by atoms with Gasteiger partial charge in [-0.15, -0.1) is 0 Å². The lowest BCUT2D eigenvalue weighted by molar-refractivity contribution is 0.625. The van der Waals surface area contributed by atoms with Crippen LogP contribution in [0.1, 0.15) is 13.3 Å². The number of hydrogen-bond donors (Lipinski definition) is 1. The maximum atomic E-state index is 13.1. The number of hydrogen-bond acceptors (Lipinski definition) is 3. The van der Waals surface area contributed by atoms with Crippen molar-refractivity contribution in [2.75, 3.05) is 11.4 Å². The predicted octanol–water partition coefficient (Wildman–Crippen LogP) is 1.74. The van der Waals surface area contributed by atoms with E-state index >= 15 is 0 Å². The summed E-state index contributed by atoms with van der Waals surface area (Å²) in [4.78, 5) is 6.07. The molecule has 0 spiro atoms. The Morgan fingerprint density at radius 3 is 3.07 bits per heavy atom. The minimum Gasteiger partial charge on any atom is -0.370 e. The molecule has 0 aromatic heterocycles. The average Bonchev–Trinajstić information content (AvgIpc) is 2.59. The summed E-state index contributed by atoms with van der Waals surface area (Å²) in [5.74, 6) is 0.231. The van der Waals surface area contributed by atoms with E-state index in [0.29, 0.717) is 12.5 Å². The monoisotopic (exact) mass is 207 g/mol. The molecule has 2 rings (SSSR count). The van der Waals surface area contributed by atoms with Gasteiger partial charge in [-0.3, -0.25) is 4.99 Å². The average molecular weight is 207 g/mol. The lowest BCUT2D eigenvalue weighted by Crippen LogP contribution is -2.40. The van der Waals surface area contributed by atoms with Crippen LogP contribution >= 0.6 is 0 Å². The molecule has 1 aromatic carbocycles. The van der Waals surface area contributed by atoms with Gasteiger partial charge in [0.05, 0.1) is 12.6 Å². The Balaban J connectivity index is 2.32. The standard InChI is InChI=1S/C11H14FN3/c1-2-9-7-14-11(13)15(9)10-5-3-4-8(12)6-10/h3-6,9H,2,7H2,1H3,(H2,13,14). The molecule has 15 heavy (non-hydrogen) atoms. The second kappa shape index (κ2) is 3.88. The van der Waals surface area contributed by atoms with E-state index in [2.05, 4.69) is 11.9 Å². The number of aliphatic imine (C=N–C) groups is 1. The van der Waals surface area contributed by atoms with E-state index in [0.717, 1.165) is 12.1 Å². The van der Waals surface area contributed by atoms with Gasteiger partial charge in [-0.05, 0) is 24.6 Å². The molecule has 4 heteroatoms. The molecule has 0 radical (unpaired) electrons. The highest BCUT2D eigenvalue weighted by molar-refractivity contribution is 5.97.